The first-order valence-corrected chi connectivity index (χ1v) is 5.84. The molecule has 0 atom stereocenters. The molecule has 0 aromatic heterocycles. The van der Waals surface area contributed by atoms with Crippen LogP contribution in [0.1, 0.15) is 20.7 Å². The molecule has 0 heterocycles. The van der Waals surface area contributed by atoms with E-state index in [1.165, 1.54) is 18.2 Å². The second-order valence-electron chi connectivity index (χ2n) is 4.06. The molecule has 1 aromatic rings. The van der Waals surface area contributed by atoms with Gasteiger partial charge in [0.15, 0.2) is 0 Å². The molecule has 21 heavy (non-hydrogen) atoms. The van der Waals surface area contributed by atoms with Crippen LogP contribution in [0.4, 0.5) is 5.69 Å². The zero-order valence-corrected chi connectivity index (χ0v) is 11.0. The van der Waals surface area contributed by atoms with Crippen LogP contribution in [0.2, 0.25) is 0 Å². The molecule has 9 heteroatoms. The Balaban J connectivity index is 2.87. The van der Waals surface area contributed by atoms with E-state index in [1.54, 1.807) is 0 Å². The normalized spacial score (nSPS) is 9.76. The molecule has 0 aliphatic carbocycles. The number of benzene rings is 1. The SMILES string of the molecule is NCC(=O)NCC(=O)Nc1cc(C(N)=O)cc(C(N)=O)c1. The fraction of sp³-hybridized carbons (Fsp3) is 0.167. The number of hydrogen-bond donors (Lipinski definition) is 5. The molecule has 0 radical (unpaired) electrons. The summed E-state index contributed by atoms with van der Waals surface area (Å²) in [7, 11) is 0. The quantitative estimate of drug-likeness (QED) is 0.403. The standard InChI is InChI=1S/C12H15N5O4/c13-4-9(18)16-5-10(19)17-8-2-6(11(14)20)1-7(3-8)12(15)21/h1-3H,4-5,13H2,(H2,14,20)(H2,15,21)(H,16,18)(H,17,19). The van der Waals surface area contributed by atoms with Crippen LogP contribution in [0.5, 0.6) is 0 Å². The van der Waals surface area contributed by atoms with Crippen LogP contribution in [0, 0.1) is 0 Å². The van der Waals surface area contributed by atoms with E-state index in [2.05, 4.69) is 10.6 Å². The minimum atomic E-state index is -0.773. The van der Waals surface area contributed by atoms with Gasteiger partial charge in [0.05, 0.1) is 13.1 Å². The Morgan fingerprint density at radius 2 is 1.43 bits per heavy atom. The third-order valence-electron chi connectivity index (χ3n) is 2.42. The fourth-order valence-corrected chi connectivity index (χ4v) is 1.44. The summed E-state index contributed by atoms with van der Waals surface area (Å²) in [5, 5.41) is 4.67. The van der Waals surface area contributed by atoms with Gasteiger partial charge in [0.1, 0.15) is 0 Å². The summed E-state index contributed by atoms with van der Waals surface area (Å²) in [6.45, 7) is -0.543. The molecule has 0 unspecified atom stereocenters. The first-order valence-electron chi connectivity index (χ1n) is 5.84. The Labute approximate surface area is 119 Å². The number of hydrogen-bond acceptors (Lipinski definition) is 5. The van der Waals surface area contributed by atoms with Crippen molar-refractivity contribution in [2.45, 2.75) is 0 Å². The lowest BCUT2D eigenvalue weighted by Crippen LogP contribution is -2.36. The van der Waals surface area contributed by atoms with Gasteiger partial charge in [0.25, 0.3) is 0 Å². The van der Waals surface area contributed by atoms with Crippen molar-refractivity contribution >= 4 is 29.3 Å². The molecule has 9 nitrogen and oxygen atoms in total. The Bertz CT molecular complexity index is 567. The lowest BCUT2D eigenvalue weighted by Gasteiger charge is -2.09. The molecule has 1 rings (SSSR count). The van der Waals surface area contributed by atoms with Gasteiger partial charge < -0.3 is 27.8 Å². The van der Waals surface area contributed by atoms with Crippen molar-refractivity contribution in [2.75, 3.05) is 18.4 Å². The highest BCUT2D eigenvalue weighted by Crippen LogP contribution is 2.14. The van der Waals surface area contributed by atoms with E-state index in [9.17, 15) is 19.2 Å². The number of anilines is 1. The van der Waals surface area contributed by atoms with Crippen molar-refractivity contribution in [1.82, 2.24) is 5.32 Å². The smallest absolute Gasteiger partial charge is 0.248 e. The summed E-state index contributed by atoms with van der Waals surface area (Å²) in [5.41, 5.74) is 15.5. The van der Waals surface area contributed by atoms with E-state index in [0.717, 1.165) is 0 Å². The van der Waals surface area contributed by atoms with Crippen molar-refractivity contribution < 1.29 is 19.2 Å². The molecule has 4 amide bonds. The van der Waals surface area contributed by atoms with E-state index < -0.39 is 23.6 Å². The zero-order valence-electron chi connectivity index (χ0n) is 11.0. The predicted octanol–water partition coefficient (Wildman–Crippen LogP) is -2.10. The minimum Gasteiger partial charge on any atom is -0.366 e. The van der Waals surface area contributed by atoms with Crippen LogP contribution < -0.4 is 27.8 Å². The molecule has 0 saturated heterocycles. The molecule has 1 aromatic carbocycles. The molecule has 0 bridgehead atoms. The molecule has 0 fully saturated rings. The van der Waals surface area contributed by atoms with Crippen LogP contribution in [-0.2, 0) is 9.59 Å². The molecule has 0 spiro atoms. The van der Waals surface area contributed by atoms with Gasteiger partial charge in [-0.1, -0.05) is 0 Å². The van der Waals surface area contributed by atoms with Crippen molar-refractivity contribution in [3.05, 3.63) is 29.3 Å². The minimum absolute atomic E-state index is 0.0209. The van der Waals surface area contributed by atoms with Gasteiger partial charge in [-0.2, -0.15) is 0 Å². The summed E-state index contributed by atoms with van der Waals surface area (Å²) in [6.07, 6.45) is 0. The summed E-state index contributed by atoms with van der Waals surface area (Å²) in [5.74, 6) is -2.60. The van der Waals surface area contributed by atoms with Gasteiger partial charge >= 0.3 is 0 Å². The summed E-state index contributed by atoms with van der Waals surface area (Å²) >= 11 is 0. The molecular formula is C12H15N5O4. The number of primary amides is 2. The summed E-state index contributed by atoms with van der Waals surface area (Å²) in [6, 6.07) is 3.80. The molecule has 0 saturated carbocycles. The number of rotatable bonds is 6. The van der Waals surface area contributed by atoms with E-state index in [1.807, 2.05) is 0 Å². The molecule has 0 aliphatic rings. The lowest BCUT2D eigenvalue weighted by atomic mass is 10.1. The zero-order chi connectivity index (χ0) is 16.0. The monoisotopic (exact) mass is 293 g/mol. The number of amides is 4. The van der Waals surface area contributed by atoms with Crippen LogP contribution in [0.15, 0.2) is 18.2 Å². The van der Waals surface area contributed by atoms with Gasteiger partial charge in [0, 0.05) is 16.8 Å². The van der Waals surface area contributed by atoms with E-state index in [0.29, 0.717) is 0 Å². The number of nitrogens with one attached hydrogen (secondary N) is 2. The van der Waals surface area contributed by atoms with Gasteiger partial charge in [-0.3, -0.25) is 19.2 Å². The highest BCUT2D eigenvalue weighted by Gasteiger charge is 2.11. The van der Waals surface area contributed by atoms with E-state index >= 15 is 0 Å². The Morgan fingerprint density at radius 1 is 0.905 bits per heavy atom. The molecular weight excluding hydrogens is 278 g/mol. The largest absolute Gasteiger partial charge is 0.366 e. The number of carbonyl (C=O) groups excluding carboxylic acids is 4. The van der Waals surface area contributed by atoms with Crippen molar-refractivity contribution in [3.63, 3.8) is 0 Å². The van der Waals surface area contributed by atoms with Crippen LogP contribution in [-0.4, -0.2) is 36.7 Å². The number of nitrogens with two attached hydrogens (primary N) is 3. The third kappa shape index (κ3) is 4.91. The fourth-order valence-electron chi connectivity index (χ4n) is 1.44. The average molecular weight is 293 g/mol. The number of carbonyl (C=O) groups is 4. The highest BCUT2D eigenvalue weighted by molar-refractivity contribution is 6.02. The third-order valence-corrected chi connectivity index (χ3v) is 2.42. The van der Waals surface area contributed by atoms with Gasteiger partial charge in [-0.25, -0.2) is 0 Å². The maximum atomic E-state index is 11.6. The molecule has 0 aliphatic heterocycles. The van der Waals surface area contributed by atoms with Crippen molar-refractivity contribution in [2.24, 2.45) is 17.2 Å². The molecule has 8 N–H and O–H groups in total. The Morgan fingerprint density at radius 3 is 1.86 bits per heavy atom. The van der Waals surface area contributed by atoms with E-state index in [4.69, 9.17) is 17.2 Å². The summed E-state index contributed by atoms with van der Waals surface area (Å²) in [4.78, 5) is 44.8. The summed E-state index contributed by atoms with van der Waals surface area (Å²) < 4.78 is 0. The maximum absolute atomic E-state index is 11.6. The van der Waals surface area contributed by atoms with Gasteiger partial charge in [-0.05, 0) is 18.2 Å². The van der Waals surface area contributed by atoms with Gasteiger partial charge in [0.2, 0.25) is 23.6 Å². The van der Waals surface area contributed by atoms with Gasteiger partial charge in [-0.15, -0.1) is 0 Å². The topological polar surface area (TPSA) is 170 Å². The van der Waals surface area contributed by atoms with Crippen molar-refractivity contribution in [3.8, 4) is 0 Å². The first-order chi connectivity index (χ1) is 9.83. The highest BCUT2D eigenvalue weighted by atomic mass is 16.2. The Kier molecular flexibility index (Phi) is 5.38. The molecule has 112 valence electrons. The predicted molar refractivity (Wildman–Crippen MR) is 74.2 cm³/mol. The first kappa shape index (κ1) is 16.1. The van der Waals surface area contributed by atoms with Crippen molar-refractivity contribution in [1.29, 1.82) is 0 Å². The second-order valence-corrected chi connectivity index (χ2v) is 4.06. The Hall–Kier alpha value is -2.94. The van der Waals surface area contributed by atoms with Crippen LogP contribution in [0.3, 0.4) is 0 Å². The maximum Gasteiger partial charge on any atom is 0.248 e. The van der Waals surface area contributed by atoms with E-state index in [-0.39, 0.29) is 29.9 Å². The average Bonchev–Trinajstić information content (AvgIpc) is 2.44. The van der Waals surface area contributed by atoms with Crippen LogP contribution in [0.25, 0.3) is 0 Å². The van der Waals surface area contributed by atoms with Crippen LogP contribution >= 0.6 is 0 Å². The second kappa shape index (κ2) is 7.01. The lowest BCUT2D eigenvalue weighted by molar-refractivity contribution is -0.123.